The van der Waals surface area contributed by atoms with Crippen LogP contribution in [0.25, 0.3) is 11.3 Å². The highest BCUT2D eigenvalue weighted by Crippen LogP contribution is 2.39. The lowest BCUT2D eigenvalue weighted by Crippen LogP contribution is -2.06. The Morgan fingerprint density at radius 3 is 2.40 bits per heavy atom. The lowest BCUT2D eigenvalue weighted by molar-refractivity contribution is -0.388. The predicted molar refractivity (Wildman–Crippen MR) is 112 cm³/mol. The molecule has 0 N–H and O–H groups in total. The van der Waals surface area contributed by atoms with Crippen molar-refractivity contribution in [1.29, 1.82) is 0 Å². The van der Waals surface area contributed by atoms with Gasteiger partial charge in [0.05, 0.1) is 14.2 Å². The van der Waals surface area contributed by atoms with Crippen LogP contribution in [-0.2, 0) is 13.0 Å². The van der Waals surface area contributed by atoms with E-state index in [0.717, 1.165) is 12.8 Å². The molecular formula is C22H23N3O5. The van der Waals surface area contributed by atoms with Crippen molar-refractivity contribution in [2.75, 3.05) is 14.2 Å². The summed E-state index contributed by atoms with van der Waals surface area (Å²) < 4.78 is 12.4. The number of hydrogen-bond donors (Lipinski definition) is 0. The highest BCUT2D eigenvalue weighted by atomic mass is 16.6. The summed E-state index contributed by atoms with van der Waals surface area (Å²) in [6.45, 7) is 2.24. The summed E-state index contributed by atoms with van der Waals surface area (Å²) in [4.78, 5) is 27.1. The molecule has 0 aliphatic heterocycles. The first-order chi connectivity index (χ1) is 14.5. The number of aromatic nitrogens is 2. The van der Waals surface area contributed by atoms with Crippen molar-refractivity contribution >= 4 is 12.1 Å². The fourth-order valence-electron chi connectivity index (χ4n) is 3.50. The molecule has 1 aromatic heterocycles. The average molecular weight is 409 g/mol. The van der Waals surface area contributed by atoms with Crippen LogP contribution >= 0.6 is 0 Å². The van der Waals surface area contributed by atoms with Gasteiger partial charge in [0.25, 0.3) is 0 Å². The van der Waals surface area contributed by atoms with E-state index in [9.17, 15) is 14.9 Å². The molecule has 1 heterocycles. The van der Waals surface area contributed by atoms with E-state index >= 15 is 0 Å². The Hall–Kier alpha value is -3.68. The van der Waals surface area contributed by atoms with E-state index in [1.807, 2.05) is 30.3 Å². The molecule has 0 aliphatic carbocycles. The second-order valence-electron chi connectivity index (χ2n) is 6.74. The summed E-state index contributed by atoms with van der Waals surface area (Å²) in [5.41, 5.74) is 2.12. The van der Waals surface area contributed by atoms with Crippen molar-refractivity contribution in [3.63, 3.8) is 0 Å². The standard InChI is InChI=1S/C22H23N3O5/c1-15-23-22(25(27)28)21(24(15)11-7-10-16-8-5-4-6-9-16)18-13-20(30-3)19(29-2)12-17(18)14-26/h4-6,8-9,12-14H,7,10-11H2,1-3H3. The fourth-order valence-corrected chi connectivity index (χ4v) is 3.50. The monoisotopic (exact) mass is 409 g/mol. The molecule has 8 heteroatoms. The Labute approximate surface area is 174 Å². The number of imidazole rings is 1. The van der Waals surface area contributed by atoms with Crippen LogP contribution < -0.4 is 9.47 Å². The molecule has 2 aromatic carbocycles. The third kappa shape index (κ3) is 4.17. The molecule has 0 fully saturated rings. The van der Waals surface area contributed by atoms with Crippen LogP contribution in [-0.4, -0.2) is 35.0 Å². The van der Waals surface area contributed by atoms with E-state index in [1.54, 1.807) is 17.6 Å². The summed E-state index contributed by atoms with van der Waals surface area (Å²) in [6.07, 6.45) is 2.23. The van der Waals surface area contributed by atoms with Crippen molar-refractivity contribution in [3.8, 4) is 22.8 Å². The molecule has 3 aromatic rings. The summed E-state index contributed by atoms with van der Waals surface area (Å²) in [6, 6.07) is 13.1. The summed E-state index contributed by atoms with van der Waals surface area (Å²) in [7, 11) is 2.94. The van der Waals surface area contributed by atoms with Gasteiger partial charge in [0, 0.05) is 24.6 Å². The zero-order valence-corrected chi connectivity index (χ0v) is 17.1. The molecule has 0 spiro atoms. The van der Waals surface area contributed by atoms with Gasteiger partial charge in [0.2, 0.25) is 5.82 Å². The number of carbonyl (C=O) groups is 1. The van der Waals surface area contributed by atoms with Crippen LogP contribution in [0, 0.1) is 17.0 Å². The number of nitrogens with zero attached hydrogens (tertiary/aromatic N) is 3. The van der Waals surface area contributed by atoms with Gasteiger partial charge in [0.1, 0.15) is 0 Å². The lowest BCUT2D eigenvalue weighted by Gasteiger charge is -2.14. The number of aryl methyl sites for hydroxylation is 2. The normalized spacial score (nSPS) is 10.6. The molecule has 0 unspecified atom stereocenters. The summed E-state index contributed by atoms with van der Waals surface area (Å²) in [5, 5.41) is 11.7. The average Bonchev–Trinajstić information content (AvgIpc) is 3.09. The first-order valence-corrected chi connectivity index (χ1v) is 9.47. The van der Waals surface area contributed by atoms with Crippen LogP contribution in [0.5, 0.6) is 11.5 Å². The van der Waals surface area contributed by atoms with E-state index in [-0.39, 0.29) is 17.1 Å². The van der Waals surface area contributed by atoms with Gasteiger partial charge in [-0.3, -0.25) is 4.79 Å². The fraction of sp³-hybridized carbons (Fsp3) is 0.273. The van der Waals surface area contributed by atoms with Crippen LogP contribution in [0.2, 0.25) is 0 Å². The first-order valence-electron chi connectivity index (χ1n) is 9.47. The van der Waals surface area contributed by atoms with E-state index in [0.29, 0.717) is 35.7 Å². The van der Waals surface area contributed by atoms with Gasteiger partial charge in [-0.1, -0.05) is 30.3 Å². The molecule has 0 saturated heterocycles. The molecule has 0 radical (unpaired) electrons. The number of hydrogen-bond acceptors (Lipinski definition) is 6. The highest BCUT2D eigenvalue weighted by molar-refractivity contribution is 5.90. The van der Waals surface area contributed by atoms with Crippen molar-refractivity contribution < 1.29 is 19.2 Å². The molecule has 0 aliphatic rings. The molecule has 0 saturated carbocycles. The SMILES string of the molecule is COc1cc(C=O)c(-c2c([N+](=O)[O-])nc(C)n2CCCc2ccccc2)cc1OC. The van der Waals surface area contributed by atoms with Gasteiger partial charge >= 0.3 is 5.82 Å². The van der Waals surface area contributed by atoms with Crippen molar-refractivity contribution in [1.82, 2.24) is 9.55 Å². The van der Waals surface area contributed by atoms with E-state index in [1.165, 1.54) is 25.8 Å². The zero-order chi connectivity index (χ0) is 21.7. The predicted octanol–water partition coefficient (Wildman–Crippen LogP) is 4.23. The van der Waals surface area contributed by atoms with Gasteiger partial charge in [-0.2, -0.15) is 0 Å². The second kappa shape index (κ2) is 9.21. The molecule has 8 nitrogen and oxygen atoms in total. The van der Waals surface area contributed by atoms with Gasteiger partial charge in [0.15, 0.2) is 23.5 Å². The van der Waals surface area contributed by atoms with Crippen molar-refractivity contribution in [2.24, 2.45) is 0 Å². The Kier molecular flexibility index (Phi) is 6.46. The largest absolute Gasteiger partial charge is 0.493 e. The minimum absolute atomic E-state index is 0.264. The molecular weight excluding hydrogens is 386 g/mol. The summed E-state index contributed by atoms with van der Waals surface area (Å²) in [5.74, 6) is 0.971. The van der Waals surface area contributed by atoms with Gasteiger partial charge in [-0.15, -0.1) is 0 Å². The van der Waals surface area contributed by atoms with Crippen LogP contribution in [0.3, 0.4) is 0 Å². The number of rotatable bonds is 9. The number of benzene rings is 2. The Balaban J connectivity index is 2.07. The Bertz CT molecular complexity index is 1060. The number of methoxy groups -OCH3 is 2. The lowest BCUT2D eigenvalue weighted by atomic mass is 10.0. The third-order valence-corrected chi connectivity index (χ3v) is 4.94. The zero-order valence-electron chi connectivity index (χ0n) is 17.1. The van der Waals surface area contributed by atoms with Crippen LogP contribution in [0.4, 0.5) is 5.82 Å². The molecule has 3 rings (SSSR count). The first kappa shape index (κ1) is 21.0. The Morgan fingerprint density at radius 1 is 1.13 bits per heavy atom. The van der Waals surface area contributed by atoms with Crippen LogP contribution in [0.15, 0.2) is 42.5 Å². The molecule has 156 valence electrons. The minimum atomic E-state index is -0.526. The van der Waals surface area contributed by atoms with Gasteiger partial charge < -0.3 is 24.2 Å². The van der Waals surface area contributed by atoms with Gasteiger partial charge in [-0.25, -0.2) is 0 Å². The maximum absolute atomic E-state index is 11.8. The van der Waals surface area contributed by atoms with Crippen molar-refractivity contribution in [3.05, 3.63) is 69.5 Å². The molecule has 0 atom stereocenters. The smallest absolute Gasteiger partial charge is 0.390 e. The van der Waals surface area contributed by atoms with Crippen molar-refractivity contribution in [2.45, 2.75) is 26.3 Å². The number of ether oxygens (including phenoxy) is 2. The quantitative estimate of drug-likeness (QED) is 0.298. The minimum Gasteiger partial charge on any atom is -0.493 e. The topological polar surface area (TPSA) is 96.5 Å². The number of nitro groups is 1. The van der Waals surface area contributed by atoms with Gasteiger partial charge in [-0.05, 0) is 40.4 Å². The Morgan fingerprint density at radius 2 is 1.80 bits per heavy atom. The van der Waals surface area contributed by atoms with E-state index < -0.39 is 4.92 Å². The van der Waals surface area contributed by atoms with E-state index in [4.69, 9.17) is 9.47 Å². The highest BCUT2D eigenvalue weighted by Gasteiger charge is 2.29. The molecule has 30 heavy (non-hydrogen) atoms. The second-order valence-corrected chi connectivity index (χ2v) is 6.74. The summed E-state index contributed by atoms with van der Waals surface area (Å²) >= 11 is 0. The maximum atomic E-state index is 11.8. The third-order valence-electron chi connectivity index (χ3n) is 4.94. The number of carbonyl (C=O) groups excluding carboxylic acids is 1. The molecule has 0 bridgehead atoms. The van der Waals surface area contributed by atoms with Crippen LogP contribution in [0.1, 0.15) is 28.2 Å². The number of aldehydes is 1. The molecule has 0 amide bonds. The maximum Gasteiger partial charge on any atom is 0.390 e. The van der Waals surface area contributed by atoms with E-state index in [2.05, 4.69) is 4.98 Å².